The van der Waals surface area contributed by atoms with E-state index in [0.29, 0.717) is 35.1 Å². The molecule has 1 aliphatic rings. The highest BCUT2D eigenvalue weighted by Gasteiger charge is 2.12. The van der Waals surface area contributed by atoms with E-state index in [-0.39, 0.29) is 12.3 Å². The lowest BCUT2D eigenvalue weighted by molar-refractivity contribution is -0.120. The highest BCUT2D eigenvalue weighted by Crippen LogP contribution is 2.30. The Morgan fingerprint density at radius 3 is 2.82 bits per heavy atom. The predicted octanol–water partition coefficient (Wildman–Crippen LogP) is 2.51. The first-order valence-corrected chi connectivity index (χ1v) is 7.46. The van der Waals surface area contributed by atoms with Crippen molar-refractivity contribution in [1.82, 2.24) is 5.43 Å². The Kier molecular flexibility index (Phi) is 4.43. The molecule has 1 aromatic heterocycles. The molecule has 6 nitrogen and oxygen atoms in total. The molecule has 2 aromatic rings. The number of nitrogens with one attached hydrogen (secondary N) is 1. The summed E-state index contributed by atoms with van der Waals surface area (Å²) in [5, 5.41) is 3.84. The van der Waals surface area contributed by atoms with Crippen LogP contribution in [0, 0.1) is 0 Å². The lowest BCUT2D eigenvalue weighted by Crippen LogP contribution is -2.20. The van der Waals surface area contributed by atoms with Crippen molar-refractivity contribution in [2.45, 2.75) is 6.42 Å². The van der Waals surface area contributed by atoms with Crippen molar-refractivity contribution in [2.75, 3.05) is 13.2 Å². The molecule has 1 aliphatic heterocycles. The van der Waals surface area contributed by atoms with Crippen LogP contribution in [0.15, 0.2) is 44.5 Å². The molecule has 0 bridgehead atoms. The summed E-state index contributed by atoms with van der Waals surface area (Å²) in [6.07, 6.45) is 1.64. The van der Waals surface area contributed by atoms with E-state index in [4.69, 9.17) is 13.9 Å². The fraction of sp³-hybridized carbons (Fsp3) is 0.200. The molecule has 2 heterocycles. The zero-order chi connectivity index (χ0) is 15.4. The number of furan rings is 1. The molecule has 1 aromatic carbocycles. The molecule has 3 rings (SSSR count). The van der Waals surface area contributed by atoms with Gasteiger partial charge in [0.15, 0.2) is 16.2 Å². The number of nitrogens with zero attached hydrogens (tertiary/aromatic N) is 1. The Labute approximate surface area is 135 Å². The van der Waals surface area contributed by atoms with Gasteiger partial charge in [0.25, 0.3) is 0 Å². The molecule has 0 radical (unpaired) electrons. The van der Waals surface area contributed by atoms with Gasteiger partial charge in [0.1, 0.15) is 19.0 Å². The van der Waals surface area contributed by atoms with Crippen LogP contribution in [-0.2, 0) is 11.2 Å². The molecule has 0 saturated heterocycles. The minimum absolute atomic E-state index is 0.204. The Morgan fingerprint density at radius 1 is 1.23 bits per heavy atom. The summed E-state index contributed by atoms with van der Waals surface area (Å²) < 4.78 is 16.8. The smallest absolute Gasteiger partial charge is 0.244 e. The van der Waals surface area contributed by atoms with E-state index in [1.165, 1.54) is 6.21 Å². The van der Waals surface area contributed by atoms with Crippen molar-refractivity contribution in [3.8, 4) is 11.5 Å². The maximum atomic E-state index is 11.8. The van der Waals surface area contributed by atoms with E-state index in [1.807, 2.05) is 6.07 Å². The fourth-order valence-electron chi connectivity index (χ4n) is 1.99. The van der Waals surface area contributed by atoms with Crippen LogP contribution in [0.1, 0.15) is 11.3 Å². The number of hydrogen-bond donors (Lipinski definition) is 1. The van der Waals surface area contributed by atoms with Crippen molar-refractivity contribution in [3.05, 3.63) is 46.3 Å². The van der Waals surface area contributed by atoms with Crippen molar-refractivity contribution >= 4 is 28.1 Å². The van der Waals surface area contributed by atoms with Crippen LogP contribution in [0.2, 0.25) is 0 Å². The van der Waals surface area contributed by atoms with Gasteiger partial charge >= 0.3 is 0 Å². The first kappa shape index (κ1) is 14.6. The SMILES string of the molecule is O=C(Cc1ccc2c(c1)OCCO2)N/N=C\c1ccc(Br)o1. The maximum Gasteiger partial charge on any atom is 0.244 e. The summed E-state index contributed by atoms with van der Waals surface area (Å²) in [4.78, 5) is 11.8. The molecule has 114 valence electrons. The van der Waals surface area contributed by atoms with Gasteiger partial charge in [0.05, 0.1) is 12.6 Å². The number of ether oxygens (including phenoxy) is 2. The highest BCUT2D eigenvalue weighted by molar-refractivity contribution is 9.10. The Bertz CT molecular complexity index is 711. The number of carbonyl (C=O) groups excluding carboxylic acids is 1. The van der Waals surface area contributed by atoms with Crippen LogP contribution >= 0.6 is 15.9 Å². The fourth-order valence-corrected chi connectivity index (χ4v) is 2.31. The molecular formula is C15H13BrN2O4. The molecule has 7 heteroatoms. The Hall–Kier alpha value is -2.28. The highest BCUT2D eigenvalue weighted by atomic mass is 79.9. The van der Waals surface area contributed by atoms with Gasteiger partial charge < -0.3 is 13.9 Å². The van der Waals surface area contributed by atoms with E-state index < -0.39 is 0 Å². The Balaban J connectivity index is 1.56. The van der Waals surface area contributed by atoms with Crippen molar-refractivity contribution in [1.29, 1.82) is 0 Å². The monoisotopic (exact) mass is 364 g/mol. The summed E-state index contributed by atoms with van der Waals surface area (Å²) >= 11 is 3.19. The molecule has 1 N–H and O–H groups in total. The van der Waals surface area contributed by atoms with Crippen molar-refractivity contribution < 1.29 is 18.7 Å². The average Bonchev–Trinajstić information content (AvgIpc) is 2.92. The van der Waals surface area contributed by atoms with Gasteiger partial charge in [-0.05, 0) is 45.8 Å². The third kappa shape index (κ3) is 3.67. The molecule has 0 aliphatic carbocycles. The summed E-state index contributed by atoms with van der Waals surface area (Å²) in [7, 11) is 0. The number of halogens is 1. The first-order valence-electron chi connectivity index (χ1n) is 6.66. The van der Waals surface area contributed by atoms with E-state index >= 15 is 0 Å². The van der Waals surface area contributed by atoms with Gasteiger partial charge in [0.2, 0.25) is 5.91 Å². The topological polar surface area (TPSA) is 73.1 Å². The molecule has 0 atom stereocenters. The second-order valence-electron chi connectivity index (χ2n) is 4.59. The van der Waals surface area contributed by atoms with Crippen LogP contribution in [-0.4, -0.2) is 25.3 Å². The summed E-state index contributed by atoms with van der Waals surface area (Å²) in [5.41, 5.74) is 3.28. The van der Waals surface area contributed by atoms with E-state index in [9.17, 15) is 4.79 Å². The quantitative estimate of drug-likeness (QED) is 0.668. The summed E-state index contributed by atoms with van der Waals surface area (Å²) in [6, 6.07) is 8.93. The van der Waals surface area contributed by atoms with Gasteiger partial charge in [-0.15, -0.1) is 0 Å². The number of amides is 1. The number of hydrazone groups is 1. The molecule has 22 heavy (non-hydrogen) atoms. The largest absolute Gasteiger partial charge is 0.486 e. The van der Waals surface area contributed by atoms with Crippen molar-refractivity contribution in [3.63, 3.8) is 0 Å². The average molecular weight is 365 g/mol. The van der Waals surface area contributed by atoms with Gasteiger partial charge in [-0.1, -0.05) is 6.07 Å². The zero-order valence-corrected chi connectivity index (χ0v) is 13.1. The summed E-state index contributed by atoms with van der Waals surface area (Å²) in [6.45, 7) is 1.07. The third-order valence-electron chi connectivity index (χ3n) is 2.95. The lowest BCUT2D eigenvalue weighted by atomic mass is 10.1. The molecule has 1 amide bonds. The van der Waals surface area contributed by atoms with E-state index in [1.54, 1.807) is 24.3 Å². The minimum Gasteiger partial charge on any atom is -0.486 e. The predicted molar refractivity (Wildman–Crippen MR) is 83.3 cm³/mol. The number of rotatable bonds is 4. The zero-order valence-electron chi connectivity index (χ0n) is 11.5. The number of benzene rings is 1. The van der Waals surface area contributed by atoms with Crippen molar-refractivity contribution in [2.24, 2.45) is 5.10 Å². The minimum atomic E-state index is -0.224. The van der Waals surface area contributed by atoms with E-state index in [0.717, 1.165) is 5.56 Å². The second-order valence-corrected chi connectivity index (χ2v) is 5.37. The molecule has 0 unspecified atom stereocenters. The van der Waals surface area contributed by atoms with Crippen LogP contribution in [0.25, 0.3) is 0 Å². The van der Waals surface area contributed by atoms with Crippen LogP contribution < -0.4 is 14.9 Å². The maximum absolute atomic E-state index is 11.8. The van der Waals surface area contributed by atoms with Gasteiger partial charge in [0, 0.05) is 0 Å². The normalized spacial score (nSPS) is 13.3. The van der Waals surface area contributed by atoms with Crippen LogP contribution in [0.4, 0.5) is 0 Å². The number of hydrogen-bond acceptors (Lipinski definition) is 5. The number of carbonyl (C=O) groups is 1. The van der Waals surface area contributed by atoms with E-state index in [2.05, 4.69) is 26.5 Å². The summed E-state index contributed by atoms with van der Waals surface area (Å²) in [5.74, 6) is 1.70. The van der Waals surface area contributed by atoms with Gasteiger partial charge in [-0.25, -0.2) is 5.43 Å². The first-order chi connectivity index (χ1) is 10.7. The molecule has 0 saturated carbocycles. The Morgan fingerprint density at radius 2 is 2.05 bits per heavy atom. The third-order valence-corrected chi connectivity index (χ3v) is 3.37. The van der Waals surface area contributed by atoms with Gasteiger partial charge in [-0.3, -0.25) is 4.79 Å². The molecular weight excluding hydrogens is 352 g/mol. The second kappa shape index (κ2) is 6.65. The lowest BCUT2D eigenvalue weighted by Gasteiger charge is -2.18. The van der Waals surface area contributed by atoms with Gasteiger partial charge in [-0.2, -0.15) is 5.10 Å². The van der Waals surface area contributed by atoms with Crippen LogP contribution in [0.5, 0.6) is 11.5 Å². The molecule has 0 fully saturated rings. The van der Waals surface area contributed by atoms with Crippen LogP contribution in [0.3, 0.4) is 0 Å². The molecule has 0 spiro atoms. The standard InChI is InChI=1S/C15H13BrN2O4/c16-14-4-2-11(22-14)9-17-18-15(19)8-10-1-3-12-13(7-10)21-6-5-20-12/h1-4,7,9H,5-6,8H2,(H,18,19)/b17-9-. The number of fused-ring (bicyclic) bond motifs is 1.